The third kappa shape index (κ3) is 19.7. The molecule has 0 saturated carbocycles. The first-order valence-electron chi connectivity index (χ1n) is 20.8. The van der Waals surface area contributed by atoms with Gasteiger partial charge in [0.1, 0.15) is 65.9 Å². The lowest BCUT2D eigenvalue weighted by atomic mass is 9.97. The Morgan fingerprint density at radius 1 is 0.768 bits per heavy atom. The number of hydrogen-bond acceptors (Lipinski definition) is 18. The normalized spacial score (nSPS) is 12.5. The fourth-order valence-electron chi connectivity index (χ4n) is 6.06. The highest BCUT2D eigenvalue weighted by molar-refractivity contribution is 7.98. The first-order valence-corrected chi connectivity index (χ1v) is 22.1. The summed E-state index contributed by atoms with van der Waals surface area (Å²) in [6.07, 6.45) is 3.68. The van der Waals surface area contributed by atoms with Crippen molar-refractivity contribution in [2.45, 2.75) is 93.4 Å². The van der Waals surface area contributed by atoms with Crippen molar-refractivity contribution in [3.63, 3.8) is 0 Å². The third-order valence-electron chi connectivity index (χ3n) is 9.73. The molecular weight excluding hydrogens is 1020 g/mol. The molecule has 5 atom stereocenters. The Labute approximate surface area is 434 Å². The summed E-state index contributed by atoms with van der Waals surface area (Å²) >= 11 is 7.19. The minimum atomic E-state index is -1.20. The maximum atomic E-state index is 13.2. The van der Waals surface area contributed by atoms with E-state index in [-0.39, 0.29) is 95.3 Å². The number of esters is 2. The lowest BCUT2D eigenvalue weighted by Crippen LogP contribution is -2.49. The molecule has 0 fully saturated rings. The monoisotopic (exact) mass is 1080 g/mol. The minimum absolute atomic E-state index is 0. The highest BCUT2D eigenvalue weighted by Gasteiger charge is 2.28. The first-order chi connectivity index (χ1) is 31.2. The van der Waals surface area contributed by atoms with Gasteiger partial charge in [0.15, 0.2) is 6.10 Å². The second-order valence-electron chi connectivity index (χ2n) is 14.9. The summed E-state index contributed by atoms with van der Waals surface area (Å²) in [5, 5.41) is 26.3. The number of ether oxygens (including phenoxy) is 3. The van der Waals surface area contributed by atoms with Gasteiger partial charge in [-0.25, -0.2) is 19.6 Å². The number of amides is 2. The zero-order valence-corrected chi connectivity index (χ0v) is 42.6. The molecule has 0 aliphatic rings. The van der Waals surface area contributed by atoms with Crippen molar-refractivity contribution in [3.8, 4) is 40.5 Å². The van der Waals surface area contributed by atoms with E-state index in [9.17, 15) is 29.7 Å². The van der Waals surface area contributed by atoms with Gasteiger partial charge in [-0.3, -0.25) is 9.59 Å². The van der Waals surface area contributed by atoms with Gasteiger partial charge in [0.05, 0.1) is 23.3 Å². The van der Waals surface area contributed by atoms with E-state index in [0.29, 0.717) is 73.8 Å². The van der Waals surface area contributed by atoms with Gasteiger partial charge in [0.25, 0.3) is 0 Å². The van der Waals surface area contributed by atoms with Gasteiger partial charge in [-0.15, -0.1) is 49.6 Å². The maximum Gasteiger partial charge on any atom is 0.328 e. The Balaban J connectivity index is 0.0000116. The van der Waals surface area contributed by atoms with Crippen molar-refractivity contribution < 1.29 is 37.8 Å². The van der Waals surface area contributed by atoms with Crippen LogP contribution >= 0.6 is 73.0 Å². The van der Waals surface area contributed by atoms with E-state index in [4.69, 9.17) is 58.9 Å². The fraction of sp³-hybridized carbons (Fsp3) is 0.409. The molecule has 0 aliphatic heterocycles. The molecule has 4 aromatic rings. The predicted octanol–water partition coefficient (Wildman–Crippen LogP) is 5.12. The number of unbranched alkanes of at least 4 members (excludes halogenated alkanes) is 2. The number of oxazole rings is 1. The zero-order valence-electron chi connectivity index (χ0n) is 37.7. The van der Waals surface area contributed by atoms with Crippen LogP contribution in [0.5, 0.6) is 5.75 Å². The molecule has 0 unspecified atom stereocenters. The molecule has 0 spiro atoms. The van der Waals surface area contributed by atoms with Gasteiger partial charge < -0.3 is 57.9 Å². The Kier molecular flexibility index (Phi) is 30.2. The van der Waals surface area contributed by atoms with E-state index in [0.717, 1.165) is 5.56 Å². The third-order valence-corrected chi connectivity index (χ3v) is 11.0. The van der Waals surface area contributed by atoms with E-state index in [1.54, 1.807) is 48.5 Å². The molecule has 0 radical (unpaired) electrons. The molecule has 0 aliphatic carbocycles. The Hall–Kier alpha value is -5.10. The van der Waals surface area contributed by atoms with Crippen molar-refractivity contribution in [2.75, 3.05) is 32.0 Å². The number of halogens is 5. The number of nitrogens with one attached hydrogen (secondary N) is 2. The maximum absolute atomic E-state index is 13.2. The average Bonchev–Trinajstić information content (AvgIpc) is 3.78. The number of carbonyl (C=O) groups excluding carboxylic acids is 4. The fourth-order valence-corrected chi connectivity index (χ4v) is 7.06. The molecule has 12 N–H and O–H groups in total. The minimum Gasteiger partial charge on any atom is -0.490 e. The molecule has 2 amide bonds. The number of nitriles is 2. The van der Waals surface area contributed by atoms with E-state index in [1.165, 1.54) is 31.9 Å². The Morgan fingerprint density at radius 2 is 1.30 bits per heavy atom. The number of nitrogens with zero attached hydrogens (tertiary/aromatic N) is 4. The lowest BCUT2D eigenvalue weighted by Gasteiger charge is -2.23. The van der Waals surface area contributed by atoms with Crippen LogP contribution in [-0.4, -0.2) is 90.3 Å². The van der Waals surface area contributed by atoms with Gasteiger partial charge in [-0.2, -0.15) is 10.5 Å². The molecule has 0 bridgehead atoms. The second-order valence-corrected chi connectivity index (χ2v) is 16.3. The number of hydrogen-bond donors (Lipinski definition) is 7. The van der Waals surface area contributed by atoms with Crippen molar-refractivity contribution >= 4 is 103 Å². The molecule has 2 aromatic carbocycles. The van der Waals surface area contributed by atoms with Gasteiger partial charge >= 0.3 is 11.9 Å². The lowest BCUT2D eigenvalue weighted by molar-refractivity contribution is -0.163. The highest BCUT2D eigenvalue weighted by atomic mass is 35.5. The van der Waals surface area contributed by atoms with E-state index in [2.05, 4.69) is 32.7 Å². The number of anilines is 1. The summed E-state index contributed by atoms with van der Waals surface area (Å²) in [6, 6.07) is 13.6. The Morgan fingerprint density at radius 3 is 1.84 bits per heavy atom. The molecule has 2 heterocycles. The molecule has 4 rings (SSSR count). The number of rotatable bonds is 25. The van der Waals surface area contributed by atoms with Crippen LogP contribution in [-0.2, 0) is 34.4 Å². The molecule has 0 saturated heterocycles. The van der Waals surface area contributed by atoms with Crippen LogP contribution in [0, 0.1) is 22.7 Å². The number of benzene rings is 2. The Bertz CT molecular complexity index is 2340. The van der Waals surface area contributed by atoms with Crippen LogP contribution in [0.3, 0.4) is 0 Å². The van der Waals surface area contributed by atoms with Gasteiger partial charge in [0, 0.05) is 21.9 Å². The summed E-state index contributed by atoms with van der Waals surface area (Å²) in [5.41, 5.74) is 31.4. The number of thioether (sulfide) groups is 1. The van der Waals surface area contributed by atoms with Crippen LogP contribution in [0.25, 0.3) is 22.6 Å². The summed E-state index contributed by atoms with van der Waals surface area (Å²) < 4.78 is 22.7. The second kappa shape index (κ2) is 32.7. The number of nitrogens with two attached hydrogens (primary N) is 5. The van der Waals surface area contributed by atoms with Crippen molar-refractivity contribution in [3.05, 3.63) is 76.6 Å². The quantitative estimate of drug-likeness (QED) is 0.0257. The van der Waals surface area contributed by atoms with Crippen molar-refractivity contribution in [1.82, 2.24) is 20.6 Å². The molecule has 2 aromatic heterocycles. The zero-order chi connectivity index (χ0) is 47.5. The van der Waals surface area contributed by atoms with Crippen LogP contribution in [0.1, 0.15) is 69.2 Å². The molecule has 19 nitrogen and oxygen atoms in total. The van der Waals surface area contributed by atoms with Crippen LogP contribution in [0.2, 0.25) is 5.02 Å². The van der Waals surface area contributed by atoms with E-state index >= 15 is 0 Å². The van der Waals surface area contributed by atoms with Crippen molar-refractivity contribution in [1.29, 1.82) is 10.5 Å². The summed E-state index contributed by atoms with van der Waals surface area (Å²) in [4.78, 5) is 60.3. The first kappa shape index (κ1) is 63.9. The molecular formula is C44H58Cl5N11O8S. The van der Waals surface area contributed by atoms with Gasteiger partial charge in [-0.05, 0) is 94.6 Å². The largest absolute Gasteiger partial charge is 0.490 e. The van der Waals surface area contributed by atoms with Gasteiger partial charge in [0.2, 0.25) is 17.7 Å². The van der Waals surface area contributed by atoms with Crippen LogP contribution in [0.4, 0.5) is 5.82 Å². The van der Waals surface area contributed by atoms with Gasteiger partial charge in [-0.1, -0.05) is 48.3 Å². The predicted molar refractivity (Wildman–Crippen MR) is 272 cm³/mol. The van der Waals surface area contributed by atoms with E-state index in [1.807, 2.05) is 0 Å². The molecule has 378 valence electrons. The summed E-state index contributed by atoms with van der Waals surface area (Å²) in [7, 11) is 0. The SMILES string of the molecule is C[C@H](NC(=O)[C@@H](N)CCCCN)C(=O)OC[C@@H](COc1ccc(-c2c(C#N)c(N)nc(SCc3coc(-c4ccc(Cl)cc4)n3)c2C#N)cc1)OC(=O)[C@H](C)NC(=O)[C@@H](N)CCCCN.Cl.Cl.Cl.Cl. The topological polar surface area (TPSA) is 337 Å². The number of carbonyl (C=O) groups is 4. The highest BCUT2D eigenvalue weighted by Crippen LogP contribution is 2.37. The average molecular weight is 1080 g/mol. The van der Waals surface area contributed by atoms with Crippen molar-refractivity contribution in [2.24, 2.45) is 22.9 Å². The molecule has 69 heavy (non-hydrogen) atoms. The number of pyridine rings is 1. The number of nitrogen functional groups attached to an aromatic ring is 1. The smallest absolute Gasteiger partial charge is 0.328 e. The van der Waals surface area contributed by atoms with Crippen LogP contribution < -0.4 is 44.0 Å². The number of aromatic nitrogens is 2. The van der Waals surface area contributed by atoms with E-state index < -0.39 is 60.6 Å². The summed E-state index contributed by atoms with van der Waals surface area (Å²) in [5.74, 6) is -1.95. The standard InChI is InChI=1S/C44H54ClN11O8S.4ClH/c1-25(53-39(57)35(50)7-3-5-17-46)43(59)63-23-32(64-44(60)26(2)54-40(58)36(51)8-4-6-18-47)22-61-31-15-11-27(12-16-31)37-33(19-48)38(52)56-42(34(37)20-49)65-24-30-21-62-41(55-30)28-9-13-29(45)14-10-28;;;;/h9-16,21,25-26,32,35-36H,3-8,17-18,22-24,46-47,50-51H2,1-2H3,(H2,52,56)(H,53,57)(H,54,58);4*1H/t25-,26-,32+,35-,36-;;;;/m0..../s1. The molecule has 25 heteroatoms. The van der Waals surface area contributed by atoms with Crippen LogP contribution in [0.15, 0.2) is 64.2 Å². The summed E-state index contributed by atoms with van der Waals surface area (Å²) in [6.45, 7) is 2.92.